The second kappa shape index (κ2) is 8.13. The Kier molecular flexibility index (Phi) is 5.43. The van der Waals surface area contributed by atoms with Crippen LogP contribution in [0.4, 0.5) is 5.82 Å². The Bertz CT molecular complexity index is 1240. The van der Waals surface area contributed by atoms with Crippen molar-refractivity contribution in [3.05, 3.63) is 45.3 Å². The maximum Gasteiger partial charge on any atom is 0.254 e. The van der Waals surface area contributed by atoms with Gasteiger partial charge in [0.25, 0.3) is 5.91 Å². The third-order valence-corrected chi connectivity index (χ3v) is 7.43. The van der Waals surface area contributed by atoms with Gasteiger partial charge in [-0.2, -0.15) is 4.37 Å². The Labute approximate surface area is 198 Å². The molecule has 4 heterocycles. The highest BCUT2D eigenvalue weighted by atomic mass is 35.5. The summed E-state index contributed by atoms with van der Waals surface area (Å²) in [6.07, 6.45) is 1.29. The van der Waals surface area contributed by atoms with Gasteiger partial charge in [-0.1, -0.05) is 23.2 Å². The molecule has 2 amide bonds. The summed E-state index contributed by atoms with van der Waals surface area (Å²) in [7, 11) is 0. The molecule has 0 N–H and O–H groups in total. The Morgan fingerprint density at radius 3 is 2.62 bits per heavy atom. The van der Waals surface area contributed by atoms with Gasteiger partial charge in [-0.15, -0.1) is 0 Å². The first kappa shape index (κ1) is 21.4. The molecule has 1 saturated heterocycles. The Balaban J connectivity index is 1.58. The summed E-state index contributed by atoms with van der Waals surface area (Å²) in [5.74, 6) is 1.88. The van der Waals surface area contributed by atoms with Crippen molar-refractivity contribution in [3.8, 4) is 10.8 Å². The van der Waals surface area contributed by atoms with Gasteiger partial charge in [-0.3, -0.25) is 14.5 Å². The lowest BCUT2D eigenvalue weighted by atomic mass is 10.1. The van der Waals surface area contributed by atoms with Crippen molar-refractivity contribution < 1.29 is 9.59 Å². The molecule has 1 aromatic carbocycles. The maximum atomic E-state index is 13.4. The molecule has 2 aliphatic heterocycles. The molecule has 11 heteroatoms. The highest BCUT2D eigenvalue weighted by Crippen LogP contribution is 2.39. The van der Waals surface area contributed by atoms with Crippen molar-refractivity contribution in [3.63, 3.8) is 0 Å². The minimum atomic E-state index is -0.302. The minimum Gasteiger partial charge on any atom is -0.328 e. The van der Waals surface area contributed by atoms with Crippen molar-refractivity contribution in [2.75, 3.05) is 18.0 Å². The summed E-state index contributed by atoms with van der Waals surface area (Å²) in [6, 6.07) is 4.59. The van der Waals surface area contributed by atoms with Gasteiger partial charge in [0.05, 0.1) is 21.8 Å². The van der Waals surface area contributed by atoms with E-state index in [4.69, 9.17) is 28.2 Å². The van der Waals surface area contributed by atoms with E-state index < -0.39 is 0 Å². The zero-order valence-electron chi connectivity index (χ0n) is 17.5. The number of fused-ring (bicyclic) bond motifs is 1. The lowest BCUT2D eigenvalue weighted by Gasteiger charge is -2.36. The van der Waals surface area contributed by atoms with E-state index in [9.17, 15) is 9.59 Å². The number of anilines is 1. The van der Waals surface area contributed by atoms with Gasteiger partial charge in [0.2, 0.25) is 5.91 Å². The quantitative estimate of drug-likeness (QED) is 0.544. The van der Waals surface area contributed by atoms with Crippen LogP contribution in [-0.2, 0) is 11.3 Å². The average molecular weight is 491 g/mol. The standard InChI is InChI=1S/C21H20Cl2N6O2S/c1-11-17-18(28-7-3-4-16(28)30)25-19(20-24-12(2)26-32-20)29(17)9-8-27(11)21(31)13-5-6-14(22)15(23)10-13/h5-6,10-11H,3-4,7-9H2,1-2H3/t11-/m1/s1. The molecular weight excluding hydrogens is 471 g/mol. The number of aryl methyl sites for hydroxylation is 1. The van der Waals surface area contributed by atoms with E-state index in [0.29, 0.717) is 64.1 Å². The number of imidazole rings is 1. The van der Waals surface area contributed by atoms with Crippen molar-refractivity contribution >= 4 is 52.4 Å². The molecule has 0 spiro atoms. The molecule has 0 aliphatic carbocycles. The van der Waals surface area contributed by atoms with E-state index in [1.807, 2.05) is 13.8 Å². The highest BCUT2D eigenvalue weighted by Gasteiger charge is 2.38. The summed E-state index contributed by atoms with van der Waals surface area (Å²) >= 11 is 13.4. The zero-order valence-corrected chi connectivity index (χ0v) is 19.8. The van der Waals surface area contributed by atoms with Gasteiger partial charge in [0, 0.05) is 31.6 Å². The monoisotopic (exact) mass is 490 g/mol. The molecule has 0 bridgehead atoms. The fourth-order valence-corrected chi connectivity index (χ4v) is 5.30. The van der Waals surface area contributed by atoms with Gasteiger partial charge in [0.1, 0.15) is 5.82 Å². The van der Waals surface area contributed by atoms with Gasteiger partial charge in [-0.05, 0) is 50.0 Å². The normalized spacial score (nSPS) is 18.4. The third kappa shape index (κ3) is 3.48. The number of carbonyl (C=O) groups excluding carboxylic acids is 2. The van der Waals surface area contributed by atoms with Crippen LogP contribution < -0.4 is 4.90 Å². The predicted octanol–water partition coefficient (Wildman–Crippen LogP) is 4.36. The summed E-state index contributed by atoms with van der Waals surface area (Å²) in [6.45, 7) is 5.44. The molecule has 3 aromatic rings. The minimum absolute atomic E-state index is 0.0472. The summed E-state index contributed by atoms with van der Waals surface area (Å²) in [5.41, 5.74) is 1.31. The van der Waals surface area contributed by atoms with Crippen molar-refractivity contribution in [1.29, 1.82) is 0 Å². The molecule has 8 nitrogen and oxygen atoms in total. The summed E-state index contributed by atoms with van der Waals surface area (Å²) in [4.78, 5) is 38.8. The predicted molar refractivity (Wildman–Crippen MR) is 123 cm³/mol. The van der Waals surface area contributed by atoms with E-state index in [2.05, 4.69) is 13.9 Å². The molecular formula is C21H20Cl2N6O2S. The lowest BCUT2D eigenvalue weighted by Crippen LogP contribution is -2.42. The lowest BCUT2D eigenvalue weighted by molar-refractivity contribution is -0.117. The Morgan fingerprint density at radius 1 is 1.16 bits per heavy atom. The zero-order chi connectivity index (χ0) is 22.6. The second-order valence-electron chi connectivity index (χ2n) is 7.89. The fraction of sp³-hybridized carbons (Fsp3) is 0.381. The maximum absolute atomic E-state index is 13.4. The van der Waals surface area contributed by atoms with Crippen molar-refractivity contribution in [2.24, 2.45) is 0 Å². The van der Waals surface area contributed by atoms with Crippen LogP contribution in [-0.4, -0.2) is 48.7 Å². The van der Waals surface area contributed by atoms with E-state index >= 15 is 0 Å². The number of aromatic nitrogens is 4. The molecule has 0 saturated carbocycles. The van der Waals surface area contributed by atoms with Crippen LogP contribution in [0.1, 0.15) is 47.7 Å². The molecule has 2 aromatic heterocycles. The van der Waals surface area contributed by atoms with E-state index in [1.54, 1.807) is 28.0 Å². The van der Waals surface area contributed by atoms with Crippen LogP contribution in [0.5, 0.6) is 0 Å². The first-order chi connectivity index (χ1) is 15.3. The molecule has 166 valence electrons. The van der Waals surface area contributed by atoms with Gasteiger partial charge >= 0.3 is 0 Å². The average Bonchev–Trinajstić information content (AvgIpc) is 3.48. The van der Waals surface area contributed by atoms with Gasteiger partial charge < -0.3 is 9.47 Å². The van der Waals surface area contributed by atoms with Crippen LogP contribution in [0.3, 0.4) is 0 Å². The summed E-state index contributed by atoms with van der Waals surface area (Å²) < 4.78 is 6.36. The van der Waals surface area contributed by atoms with Crippen LogP contribution >= 0.6 is 34.7 Å². The van der Waals surface area contributed by atoms with Gasteiger partial charge in [0.15, 0.2) is 16.6 Å². The van der Waals surface area contributed by atoms with E-state index in [-0.39, 0.29) is 17.9 Å². The molecule has 1 fully saturated rings. The molecule has 0 unspecified atom stereocenters. The van der Waals surface area contributed by atoms with Gasteiger partial charge in [-0.25, -0.2) is 9.97 Å². The molecule has 2 aliphatic rings. The number of hydrogen-bond donors (Lipinski definition) is 0. The number of benzene rings is 1. The fourth-order valence-electron chi connectivity index (χ4n) is 4.33. The second-order valence-corrected chi connectivity index (χ2v) is 9.46. The van der Waals surface area contributed by atoms with Crippen LogP contribution in [0.2, 0.25) is 10.0 Å². The van der Waals surface area contributed by atoms with E-state index in [0.717, 1.165) is 12.1 Å². The van der Waals surface area contributed by atoms with Crippen molar-refractivity contribution in [2.45, 2.75) is 39.3 Å². The molecule has 5 rings (SSSR count). The first-order valence-corrected chi connectivity index (χ1v) is 11.9. The highest BCUT2D eigenvalue weighted by molar-refractivity contribution is 7.09. The van der Waals surface area contributed by atoms with Crippen LogP contribution in [0.25, 0.3) is 10.8 Å². The summed E-state index contributed by atoms with van der Waals surface area (Å²) in [5, 5.41) is 1.45. The number of amides is 2. The first-order valence-electron chi connectivity index (χ1n) is 10.3. The molecule has 1 atom stereocenters. The number of rotatable bonds is 3. The smallest absolute Gasteiger partial charge is 0.254 e. The molecule has 0 radical (unpaired) electrons. The third-order valence-electron chi connectivity index (χ3n) is 5.89. The van der Waals surface area contributed by atoms with Crippen molar-refractivity contribution in [1.82, 2.24) is 23.8 Å². The number of halogens is 2. The number of carbonyl (C=O) groups is 2. The Morgan fingerprint density at radius 2 is 1.97 bits per heavy atom. The van der Waals surface area contributed by atoms with Crippen LogP contribution in [0, 0.1) is 6.92 Å². The number of nitrogens with zero attached hydrogens (tertiary/aromatic N) is 6. The SMILES string of the molecule is Cc1nsc(-c2nc(N3CCCC3=O)c3n2CCN(C(=O)c2ccc(Cl)c(Cl)c2)[C@@H]3C)n1. The molecule has 32 heavy (non-hydrogen) atoms. The Hall–Kier alpha value is -2.49. The topological polar surface area (TPSA) is 84.2 Å². The largest absolute Gasteiger partial charge is 0.328 e. The van der Waals surface area contributed by atoms with E-state index in [1.165, 1.54) is 11.5 Å². The van der Waals surface area contributed by atoms with Crippen LogP contribution in [0.15, 0.2) is 18.2 Å². The number of hydrogen-bond acceptors (Lipinski definition) is 6.